The summed E-state index contributed by atoms with van der Waals surface area (Å²) in [5.41, 5.74) is 1.23. The van der Waals surface area contributed by atoms with E-state index < -0.39 is 0 Å². The van der Waals surface area contributed by atoms with E-state index >= 15 is 0 Å². The van der Waals surface area contributed by atoms with Gasteiger partial charge in [-0.25, -0.2) is 4.98 Å². The molecule has 0 aliphatic rings. The van der Waals surface area contributed by atoms with Crippen LogP contribution in [-0.2, 0) is 0 Å². The summed E-state index contributed by atoms with van der Waals surface area (Å²) in [6, 6.07) is 7.57. The van der Waals surface area contributed by atoms with Gasteiger partial charge in [-0.1, -0.05) is 0 Å². The molecule has 0 fully saturated rings. The second-order valence-electron chi connectivity index (χ2n) is 2.99. The minimum absolute atomic E-state index is 0.395. The van der Waals surface area contributed by atoms with Crippen LogP contribution in [0.4, 0.5) is 11.7 Å². The third-order valence-corrected chi connectivity index (χ3v) is 2.01. The fourth-order valence-electron chi connectivity index (χ4n) is 1.27. The highest BCUT2D eigenvalue weighted by Gasteiger charge is 2.04. The molecule has 80 valence electrons. The largest absolute Gasteiger partial charge is 0.495 e. The molecule has 0 bridgehead atoms. The van der Waals surface area contributed by atoms with Crippen LogP contribution in [0.3, 0.4) is 0 Å². The number of nitrogens with one attached hydrogen (secondary N) is 1. The molecular weight excluding hydrogens is 206 g/mol. The molecule has 16 heavy (non-hydrogen) atoms. The molecule has 5 nitrogen and oxygen atoms in total. The normalized spacial score (nSPS) is 9.50. The van der Waals surface area contributed by atoms with Crippen molar-refractivity contribution < 1.29 is 9.15 Å². The van der Waals surface area contributed by atoms with Crippen molar-refractivity contribution in [3.05, 3.63) is 36.2 Å². The number of anilines is 2. The van der Waals surface area contributed by atoms with Gasteiger partial charge in [0.15, 0.2) is 0 Å². The highest BCUT2D eigenvalue weighted by Crippen LogP contribution is 2.24. The van der Waals surface area contributed by atoms with E-state index in [2.05, 4.69) is 10.3 Å². The number of nitriles is 1. The minimum atomic E-state index is 0.395. The molecule has 0 spiro atoms. The minimum Gasteiger partial charge on any atom is -0.495 e. The maximum absolute atomic E-state index is 8.82. The van der Waals surface area contributed by atoms with Crippen LogP contribution in [0, 0.1) is 11.3 Å². The van der Waals surface area contributed by atoms with Crippen molar-refractivity contribution in [3.8, 4) is 11.8 Å². The lowest BCUT2D eigenvalue weighted by atomic mass is 10.2. The van der Waals surface area contributed by atoms with Crippen LogP contribution in [0.2, 0.25) is 0 Å². The molecule has 0 aliphatic heterocycles. The topological polar surface area (TPSA) is 71.1 Å². The maximum Gasteiger partial charge on any atom is 0.299 e. The second kappa shape index (κ2) is 4.36. The van der Waals surface area contributed by atoms with Gasteiger partial charge in [-0.3, -0.25) is 0 Å². The second-order valence-corrected chi connectivity index (χ2v) is 2.99. The molecule has 2 aromatic rings. The number of hydrogen-bond acceptors (Lipinski definition) is 5. The first-order valence-corrected chi connectivity index (χ1v) is 4.58. The van der Waals surface area contributed by atoms with E-state index in [1.54, 1.807) is 24.4 Å². The Morgan fingerprint density at radius 2 is 2.38 bits per heavy atom. The fourth-order valence-corrected chi connectivity index (χ4v) is 1.27. The average molecular weight is 215 g/mol. The third-order valence-electron chi connectivity index (χ3n) is 2.01. The van der Waals surface area contributed by atoms with Crippen molar-refractivity contribution in [2.75, 3.05) is 12.4 Å². The SMILES string of the molecule is COc1cc(Nc2ncco2)ccc1C#N. The Hall–Kier alpha value is -2.48. The standard InChI is InChI=1S/C11H9N3O2/c1-15-10-6-9(3-2-8(10)7-12)14-11-13-4-5-16-11/h2-6H,1H3,(H,13,14). The molecule has 0 radical (unpaired) electrons. The molecule has 0 amide bonds. The zero-order valence-electron chi connectivity index (χ0n) is 8.60. The van der Waals surface area contributed by atoms with Gasteiger partial charge in [0, 0.05) is 11.8 Å². The lowest BCUT2D eigenvalue weighted by Gasteiger charge is -2.06. The lowest BCUT2D eigenvalue weighted by Crippen LogP contribution is -1.93. The van der Waals surface area contributed by atoms with Crippen molar-refractivity contribution >= 4 is 11.7 Å². The molecule has 1 aromatic carbocycles. The van der Waals surface area contributed by atoms with Gasteiger partial charge in [0.05, 0.1) is 18.9 Å². The van der Waals surface area contributed by atoms with E-state index in [1.165, 1.54) is 13.4 Å². The summed E-state index contributed by atoms with van der Waals surface area (Å²) >= 11 is 0. The third kappa shape index (κ3) is 1.96. The van der Waals surface area contributed by atoms with Gasteiger partial charge in [-0.05, 0) is 12.1 Å². The summed E-state index contributed by atoms with van der Waals surface area (Å²) in [6.07, 6.45) is 3.02. The Morgan fingerprint density at radius 1 is 1.50 bits per heavy atom. The highest BCUT2D eigenvalue weighted by atomic mass is 16.5. The Morgan fingerprint density at radius 3 is 3.00 bits per heavy atom. The summed E-state index contributed by atoms with van der Waals surface area (Å²) < 4.78 is 10.1. The van der Waals surface area contributed by atoms with Crippen molar-refractivity contribution in [2.45, 2.75) is 0 Å². The zero-order chi connectivity index (χ0) is 11.4. The van der Waals surface area contributed by atoms with Gasteiger partial charge >= 0.3 is 0 Å². The molecule has 0 aliphatic carbocycles. The number of oxazole rings is 1. The molecule has 1 heterocycles. The smallest absolute Gasteiger partial charge is 0.299 e. The van der Waals surface area contributed by atoms with Gasteiger partial charge in [-0.2, -0.15) is 5.26 Å². The molecule has 1 N–H and O–H groups in total. The Kier molecular flexibility index (Phi) is 2.74. The number of hydrogen-bond donors (Lipinski definition) is 1. The van der Waals surface area contributed by atoms with Crippen LogP contribution in [0.5, 0.6) is 5.75 Å². The van der Waals surface area contributed by atoms with Gasteiger partial charge in [0.1, 0.15) is 18.1 Å². The van der Waals surface area contributed by atoms with E-state index in [9.17, 15) is 0 Å². The molecule has 0 saturated carbocycles. The van der Waals surface area contributed by atoms with E-state index in [-0.39, 0.29) is 0 Å². The predicted octanol–water partition coefficient (Wildman–Crippen LogP) is 2.30. The summed E-state index contributed by atoms with van der Waals surface area (Å²) in [7, 11) is 1.52. The first kappa shape index (κ1) is 10.1. The van der Waals surface area contributed by atoms with E-state index in [0.717, 1.165) is 5.69 Å². The quantitative estimate of drug-likeness (QED) is 0.850. The Balaban J connectivity index is 2.27. The molecule has 0 unspecified atom stereocenters. The number of rotatable bonds is 3. The van der Waals surface area contributed by atoms with Crippen LogP contribution < -0.4 is 10.1 Å². The molecule has 2 rings (SSSR count). The van der Waals surface area contributed by atoms with E-state index in [0.29, 0.717) is 17.3 Å². The maximum atomic E-state index is 8.82. The first-order valence-electron chi connectivity index (χ1n) is 4.58. The average Bonchev–Trinajstić information content (AvgIpc) is 2.81. The van der Waals surface area contributed by atoms with E-state index in [1.807, 2.05) is 6.07 Å². The van der Waals surface area contributed by atoms with Crippen LogP contribution in [0.1, 0.15) is 5.56 Å². The molecule has 0 atom stereocenters. The van der Waals surface area contributed by atoms with Crippen molar-refractivity contribution in [1.82, 2.24) is 4.98 Å². The number of benzene rings is 1. The number of aromatic nitrogens is 1. The van der Waals surface area contributed by atoms with Gasteiger partial charge in [-0.15, -0.1) is 0 Å². The Labute approximate surface area is 92.3 Å². The van der Waals surface area contributed by atoms with Crippen molar-refractivity contribution in [3.63, 3.8) is 0 Å². The molecule has 0 saturated heterocycles. The van der Waals surface area contributed by atoms with Crippen LogP contribution in [0.25, 0.3) is 0 Å². The van der Waals surface area contributed by atoms with Crippen molar-refractivity contribution in [2.24, 2.45) is 0 Å². The van der Waals surface area contributed by atoms with Crippen molar-refractivity contribution in [1.29, 1.82) is 5.26 Å². The zero-order valence-corrected chi connectivity index (χ0v) is 8.60. The van der Waals surface area contributed by atoms with E-state index in [4.69, 9.17) is 14.4 Å². The first-order chi connectivity index (χ1) is 7.83. The Bertz CT molecular complexity index is 515. The number of nitrogens with zero attached hydrogens (tertiary/aromatic N) is 2. The molecular formula is C11H9N3O2. The van der Waals surface area contributed by atoms with Crippen LogP contribution in [0.15, 0.2) is 35.1 Å². The lowest BCUT2D eigenvalue weighted by molar-refractivity contribution is 0.413. The van der Waals surface area contributed by atoms with Gasteiger partial charge in [0.25, 0.3) is 6.01 Å². The fraction of sp³-hybridized carbons (Fsp3) is 0.0909. The van der Waals surface area contributed by atoms with Gasteiger partial charge in [0.2, 0.25) is 0 Å². The summed E-state index contributed by atoms with van der Waals surface area (Å²) in [5, 5.41) is 11.8. The van der Waals surface area contributed by atoms with Gasteiger partial charge < -0.3 is 14.5 Å². The molecule has 5 heteroatoms. The predicted molar refractivity (Wildman–Crippen MR) is 57.5 cm³/mol. The summed E-state index contributed by atoms with van der Waals surface area (Å²) in [6.45, 7) is 0. The molecule has 1 aromatic heterocycles. The monoisotopic (exact) mass is 215 g/mol. The number of methoxy groups -OCH3 is 1. The van der Waals surface area contributed by atoms with Crippen LogP contribution >= 0.6 is 0 Å². The number of ether oxygens (including phenoxy) is 1. The summed E-state index contributed by atoms with van der Waals surface area (Å²) in [4.78, 5) is 3.93. The summed E-state index contributed by atoms with van der Waals surface area (Å²) in [5.74, 6) is 0.513. The highest BCUT2D eigenvalue weighted by molar-refractivity contribution is 5.59. The van der Waals surface area contributed by atoms with Crippen LogP contribution in [-0.4, -0.2) is 12.1 Å².